The van der Waals surface area contributed by atoms with Gasteiger partial charge in [0, 0.05) is 12.6 Å². The Hall–Kier alpha value is -1.57. The molecule has 2 N–H and O–H groups in total. The van der Waals surface area contributed by atoms with Crippen LogP contribution in [0, 0.1) is 6.92 Å². The van der Waals surface area contributed by atoms with Gasteiger partial charge in [-0.05, 0) is 33.1 Å². The molecule has 0 saturated carbocycles. The van der Waals surface area contributed by atoms with E-state index in [1.807, 2.05) is 4.90 Å². The summed E-state index contributed by atoms with van der Waals surface area (Å²) in [5.41, 5.74) is -0.144. The first kappa shape index (κ1) is 14.8. The van der Waals surface area contributed by atoms with Crippen LogP contribution >= 0.6 is 11.8 Å². The average Bonchev–Trinajstić information content (AvgIpc) is 2.44. The van der Waals surface area contributed by atoms with Gasteiger partial charge in [0.05, 0.1) is 5.75 Å². The Labute approximate surface area is 121 Å². The molecular formula is C12H19N5O2S. The lowest BCUT2D eigenvalue weighted by Crippen LogP contribution is -2.43. The number of thioether (sulfide) groups is 1. The highest BCUT2D eigenvalue weighted by molar-refractivity contribution is 7.99. The van der Waals surface area contributed by atoms with Gasteiger partial charge in [0.25, 0.3) is 5.56 Å². The summed E-state index contributed by atoms with van der Waals surface area (Å²) in [6, 6.07) is 0.279. The number of nitrogens with two attached hydrogens (primary N) is 1. The van der Waals surface area contributed by atoms with Gasteiger partial charge in [0.2, 0.25) is 11.1 Å². The van der Waals surface area contributed by atoms with Crippen LogP contribution in [0.4, 0.5) is 0 Å². The van der Waals surface area contributed by atoms with Gasteiger partial charge in [0.1, 0.15) is 5.69 Å². The smallest absolute Gasteiger partial charge is 0.294 e. The van der Waals surface area contributed by atoms with Crippen molar-refractivity contribution in [1.29, 1.82) is 0 Å². The van der Waals surface area contributed by atoms with E-state index in [4.69, 9.17) is 5.84 Å². The highest BCUT2D eigenvalue weighted by atomic mass is 32.2. The molecule has 1 fully saturated rings. The molecular weight excluding hydrogens is 278 g/mol. The van der Waals surface area contributed by atoms with Crippen LogP contribution in [0.5, 0.6) is 0 Å². The van der Waals surface area contributed by atoms with Crippen molar-refractivity contribution in [1.82, 2.24) is 19.8 Å². The summed E-state index contributed by atoms with van der Waals surface area (Å²) < 4.78 is 0.944. The molecule has 0 aliphatic carbocycles. The Bertz CT molecular complexity index is 559. The lowest BCUT2D eigenvalue weighted by atomic mass is 10.0. The lowest BCUT2D eigenvalue weighted by Gasteiger charge is -2.33. The van der Waals surface area contributed by atoms with Gasteiger partial charge in [-0.2, -0.15) is 4.68 Å². The monoisotopic (exact) mass is 297 g/mol. The number of carbonyl (C=O) groups excluding carboxylic acids is 1. The molecule has 1 saturated heterocycles. The largest absolute Gasteiger partial charge is 0.339 e. The molecule has 0 unspecified atom stereocenters. The van der Waals surface area contributed by atoms with Crippen LogP contribution < -0.4 is 11.4 Å². The topological polar surface area (TPSA) is 94.1 Å². The zero-order valence-corrected chi connectivity index (χ0v) is 12.5. The van der Waals surface area contributed by atoms with Crippen molar-refractivity contribution >= 4 is 17.7 Å². The van der Waals surface area contributed by atoms with E-state index in [1.165, 1.54) is 6.42 Å². The molecule has 110 valence electrons. The number of carbonyl (C=O) groups is 1. The van der Waals surface area contributed by atoms with Gasteiger partial charge >= 0.3 is 0 Å². The van der Waals surface area contributed by atoms with E-state index in [-0.39, 0.29) is 34.1 Å². The number of nitrogens with zero attached hydrogens (tertiary/aromatic N) is 4. The van der Waals surface area contributed by atoms with E-state index in [0.29, 0.717) is 0 Å². The van der Waals surface area contributed by atoms with Crippen LogP contribution in [0.25, 0.3) is 0 Å². The molecule has 0 bridgehead atoms. The van der Waals surface area contributed by atoms with Gasteiger partial charge in [-0.25, -0.2) is 0 Å². The fourth-order valence-electron chi connectivity index (χ4n) is 2.25. The number of likely N-dealkylation sites (tertiary alicyclic amines) is 1. The number of aromatic nitrogens is 3. The fourth-order valence-corrected chi connectivity index (χ4v) is 2.99. The highest BCUT2D eigenvalue weighted by Crippen LogP contribution is 2.19. The minimum Gasteiger partial charge on any atom is -0.339 e. The molecule has 1 amide bonds. The first-order chi connectivity index (χ1) is 9.50. The Balaban J connectivity index is 2.00. The predicted molar refractivity (Wildman–Crippen MR) is 76.9 cm³/mol. The second kappa shape index (κ2) is 6.25. The molecule has 1 aromatic rings. The minimum atomic E-state index is -0.388. The Morgan fingerprint density at radius 2 is 2.20 bits per heavy atom. The summed E-state index contributed by atoms with van der Waals surface area (Å²) in [5.74, 6) is 5.91. The zero-order chi connectivity index (χ0) is 14.7. The SMILES string of the molecule is Cc1nnc(SCC(=O)N2CCCC[C@H]2C)n(N)c1=O. The third-order valence-corrected chi connectivity index (χ3v) is 4.40. The van der Waals surface area contributed by atoms with Crippen molar-refractivity contribution in [2.45, 2.75) is 44.3 Å². The van der Waals surface area contributed by atoms with Crippen LogP contribution in [-0.2, 0) is 4.79 Å². The van der Waals surface area contributed by atoms with Crippen molar-refractivity contribution in [2.24, 2.45) is 0 Å². The van der Waals surface area contributed by atoms with Gasteiger partial charge in [0.15, 0.2) is 0 Å². The van der Waals surface area contributed by atoms with E-state index < -0.39 is 0 Å². The zero-order valence-electron chi connectivity index (χ0n) is 11.7. The first-order valence-corrected chi connectivity index (χ1v) is 7.63. The van der Waals surface area contributed by atoms with Crippen LogP contribution in [-0.4, -0.2) is 44.0 Å². The second-order valence-corrected chi connectivity index (χ2v) is 5.91. The fraction of sp³-hybridized carbons (Fsp3) is 0.667. The third kappa shape index (κ3) is 3.12. The van der Waals surface area contributed by atoms with E-state index in [2.05, 4.69) is 17.1 Å². The summed E-state index contributed by atoms with van der Waals surface area (Å²) in [6.07, 6.45) is 3.26. The maximum Gasteiger partial charge on any atom is 0.294 e. The number of hydrogen-bond acceptors (Lipinski definition) is 6. The van der Waals surface area contributed by atoms with E-state index in [0.717, 1.165) is 35.8 Å². The van der Waals surface area contributed by atoms with Gasteiger partial charge in [-0.15, -0.1) is 10.2 Å². The van der Waals surface area contributed by atoms with Crippen LogP contribution in [0.3, 0.4) is 0 Å². The molecule has 0 radical (unpaired) electrons. The molecule has 0 aromatic carbocycles. The Morgan fingerprint density at radius 1 is 1.45 bits per heavy atom. The van der Waals surface area contributed by atoms with E-state index >= 15 is 0 Å². The number of amides is 1. The van der Waals surface area contributed by atoms with Crippen molar-refractivity contribution in [3.63, 3.8) is 0 Å². The van der Waals surface area contributed by atoms with Gasteiger partial charge < -0.3 is 10.7 Å². The summed E-state index contributed by atoms with van der Waals surface area (Å²) >= 11 is 1.15. The molecule has 1 aliphatic heterocycles. The molecule has 0 spiro atoms. The molecule has 1 aliphatic rings. The summed E-state index contributed by atoms with van der Waals surface area (Å²) in [7, 11) is 0. The van der Waals surface area contributed by atoms with Crippen molar-refractivity contribution in [2.75, 3.05) is 18.1 Å². The van der Waals surface area contributed by atoms with Crippen LogP contribution in [0.2, 0.25) is 0 Å². The highest BCUT2D eigenvalue weighted by Gasteiger charge is 2.23. The van der Waals surface area contributed by atoms with Gasteiger partial charge in [-0.1, -0.05) is 11.8 Å². The summed E-state index contributed by atoms with van der Waals surface area (Å²) in [6.45, 7) is 4.41. The number of rotatable bonds is 3. The molecule has 2 heterocycles. The number of piperidine rings is 1. The summed E-state index contributed by atoms with van der Waals surface area (Å²) in [4.78, 5) is 25.7. The Kier molecular flexibility index (Phi) is 4.64. The lowest BCUT2D eigenvalue weighted by molar-refractivity contribution is -0.131. The quantitative estimate of drug-likeness (QED) is 0.630. The molecule has 8 heteroatoms. The van der Waals surface area contributed by atoms with Crippen molar-refractivity contribution in [3.05, 3.63) is 16.0 Å². The molecule has 1 aromatic heterocycles. The van der Waals surface area contributed by atoms with Gasteiger partial charge in [-0.3, -0.25) is 9.59 Å². The number of aryl methyl sites for hydroxylation is 1. The van der Waals surface area contributed by atoms with Crippen molar-refractivity contribution in [3.8, 4) is 0 Å². The Morgan fingerprint density at radius 3 is 2.90 bits per heavy atom. The van der Waals surface area contributed by atoms with E-state index in [1.54, 1.807) is 6.92 Å². The summed E-state index contributed by atoms with van der Waals surface area (Å²) in [5, 5.41) is 7.85. The first-order valence-electron chi connectivity index (χ1n) is 6.64. The second-order valence-electron chi connectivity index (χ2n) is 4.96. The third-order valence-electron chi connectivity index (χ3n) is 3.47. The van der Waals surface area contributed by atoms with E-state index in [9.17, 15) is 9.59 Å². The maximum absolute atomic E-state index is 12.2. The molecule has 7 nitrogen and oxygen atoms in total. The van der Waals surface area contributed by atoms with Crippen LogP contribution in [0.1, 0.15) is 31.9 Å². The standard InChI is InChI=1S/C12H19N5O2S/c1-8-5-3-4-6-16(8)10(18)7-20-12-15-14-9(2)11(19)17(12)13/h8H,3-7,13H2,1-2H3/t8-/m1/s1. The molecule has 1 atom stereocenters. The van der Waals surface area contributed by atoms with Crippen LogP contribution in [0.15, 0.2) is 9.95 Å². The average molecular weight is 297 g/mol. The minimum absolute atomic E-state index is 0.0528. The maximum atomic E-state index is 12.2. The normalized spacial score (nSPS) is 19.1. The molecule has 20 heavy (non-hydrogen) atoms. The molecule has 2 rings (SSSR count). The predicted octanol–water partition coefficient (Wildman–Crippen LogP) is 0.154. The number of hydrogen-bond donors (Lipinski definition) is 1. The number of nitrogen functional groups attached to an aromatic ring is 1. The van der Waals surface area contributed by atoms with Crippen molar-refractivity contribution < 1.29 is 4.79 Å².